The molecule has 2 heteroatoms. The standard InChI is InChI=1S/C13H16BrN/c1-4-6-13(15-5-2)12-8-7-11(14)9-10(12)3/h1,7-9,13,15H,5-6H2,2-3H3. The molecule has 0 saturated heterocycles. The van der Waals surface area contributed by atoms with Crippen LogP contribution in [0.2, 0.25) is 0 Å². The Morgan fingerprint density at radius 2 is 2.27 bits per heavy atom. The van der Waals surface area contributed by atoms with Gasteiger partial charge in [-0.15, -0.1) is 12.3 Å². The Morgan fingerprint density at radius 1 is 1.53 bits per heavy atom. The van der Waals surface area contributed by atoms with Crippen LogP contribution in [0.15, 0.2) is 22.7 Å². The first-order chi connectivity index (χ1) is 7.19. The molecule has 0 bridgehead atoms. The molecule has 0 fully saturated rings. The van der Waals surface area contributed by atoms with Crippen molar-refractivity contribution < 1.29 is 0 Å². The van der Waals surface area contributed by atoms with Gasteiger partial charge in [0.25, 0.3) is 0 Å². The highest BCUT2D eigenvalue weighted by Crippen LogP contribution is 2.23. The predicted octanol–water partition coefficient (Wildman–Crippen LogP) is 3.43. The van der Waals surface area contributed by atoms with Crippen LogP contribution in [0, 0.1) is 19.3 Å². The summed E-state index contributed by atoms with van der Waals surface area (Å²) in [6.45, 7) is 5.14. The van der Waals surface area contributed by atoms with Gasteiger partial charge in [0.1, 0.15) is 0 Å². The lowest BCUT2D eigenvalue weighted by Crippen LogP contribution is -2.21. The average molecular weight is 266 g/mol. The monoisotopic (exact) mass is 265 g/mol. The van der Waals surface area contributed by atoms with E-state index in [9.17, 15) is 0 Å². The SMILES string of the molecule is C#CCC(NCC)c1ccc(Br)cc1C. The molecule has 0 aliphatic carbocycles. The Bertz CT molecular complexity index is 365. The van der Waals surface area contributed by atoms with Crippen molar-refractivity contribution in [3.8, 4) is 12.3 Å². The van der Waals surface area contributed by atoms with Crippen molar-refractivity contribution in [2.24, 2.45) is 0 Å². The Balaban J connectivity index is 2.95. The molecule has 0 aliphatic heterocycles. The van der Waals surface area contributed by atoms with E-state index in [0.717, 1.165) is 17.4 Å². The maximum atomic E-state index is 5.38. The molecular formula is C13H16BrN. The lowest BCUT2D eigenvalue weighted by Gasteiger charge is -2.18. The van der Waals surface area contributed by atoms with Gasteiger partial charge in [-0.05, 0) is 36.7 Å². The second-order valence-corrected chi connectivity index (χ2v) is 4.44. The van der Waals surface area contributed by atoms with E-state index < -0.39 is 0 Å². The van der Waals surface area contributed by atoms with Gasteiger partial charge in [0.05, 0.1) is 0 Å². The fourth-order valence-corrected chi connectivity index (χ4v) is 2.16. The summed E-state index contributed by atoms with van der Waals surface area (Å²) in [5.41, 5.74) is 2.56. The second-order valence-electron chi connectivity index (χ2n) is 3.52. The zero-order valence-corrected chi connectivity index (χ0v) is 10.8. The van der Waals surface area contributed by atoms with E-state index >= 15 is 0 Å². The summed E-state index contributed by atoms with van der Waals surface area (Å²) in [6.07, 6.45) is 6.11. The number of benzene rings is 1. The van der Waals surface area contributed by atoms with Crippen LogP contribution in [0.4, 0.5) is 0 Å². The summed E-state index contributed by atoms with van der Waals surface area (Å²) in [5, 5.41) is 3.40. The van der Waals surface area contributed by atoms with Crippen LogP contribution in [0.3, 0.4) is 0 Å². The van der Waals surface area contributed by atoms with Crippen LogP contribution < -0.4 is 5.32 Å². The number of halogens is 1. The fraction of sp³-hybridized carbons (Fsp3) is 0.385. The van der Waals surface area contributed by atoms with E-state index in [1.54, 1.807) is 0 Å². The van der Waals surface area contributed by atoms with Gasteiger partial charge < -0.3 is 5.32 Å². The smallest absolute Gasteiger partial charge is 0.0433 e. The Morgan fingerprint density at radius 3 is 2.80 bits per heavy atom. The van der Waals surface area contributed by atoms with Gasteiger partial charge in [-0.25, -0.2) is 0 Å². The van der Waals surface area contributed by atoms with Crippen molar-refractivity contribution in [1.82, 2.24) is 5.32 Å². The molecule has 0 saturated carbocycles. The number of terminal acetylenes is 1. The lowest BCUT2D eigenvalue weighted by atomic mass is 9.99. The fourth-order valence-electron chi connectivity index (χ4n) is 1.69. The van der Waals surface area contributed by atoms with E-state index in [1.807, 2.05) is 0 Å². The molecule has 1 rings (SSSR count). The minimum Gasteiger partial charge on any atom is -0.309 e. The molecule has 0 amide bonds. The zero-order valence-electron chi connectivity index (χ0n) is 9.18. The summed E-state index contributed by atoms with van der Waals surface area (Å²) in [7, 11) is 0. The minimum absolute atomic E-state index is 0.271. The third-order valence-electron chi connectivity index (χ3n) is 2.38. The van der Waals surface area contributed by atoms with Gasteiger partial charge in [0.15, 0.2) is 0 Å². The Hall–Kier alpha value is -0.780. The topological polar surface area (TPSA) is 12.0 Å². The highest BCUT2D eigenvalue weighted by Gasteiger charge is 2.11. The predicted molar refractivity (Wildman–Crippen MR) is 68.7 cm³/mol. The quantitative estimate of drug-likeness (QED) is 0.823. The van der Waals surface area contributed by atoms with Gasteiger partial charge in [-0.3, -0.25) is 0 Å². The number of aryl methyl sites for hydroxylation is 1. The molecule has 0 radical (unpaired) electrons. The van der Waals surface area contributed by atoms with Crippen LogP contribution in [0.1, 0.15) is 30.5 Å². The molecular weight excluding hydrogens is 250 g/mol. The van der Waals surface area contributed by atoms with Crippen LogP contribution in [-0.2, 0) is 0 Å². The summed E-state index contributed by atoms with van der Waals surface area (Å²) in [5.74, 6) is 2.72. The molecule has 1 nitrogen and oxygen atoms in total. The van der Waals surface area contributed by atoms with E-state index in [-0.39, 0.29) is 6.04 Å². The van der Waals surface area contributed by atoms with E-state index in [0.29, 0.717) is 0 Å². The van der Waals surface area contributed by atoms with Gasteiger partial charge in [0.2, 0.25) is 0 Å². The van der Waals surface area contributed by atoms with Crippen molar-refractivity contribution >= 4 is 15.9 Å². The van der Waals surface area contributed by atoms with Gasteiger partial charge in [-0.1, -0.05) is 28.9 Å². The van der Waals surface area contributed by atoms with Crippen molar-refractivity contribution in [3.05, 3.63) is 33.8 Å². The third-order valence-corrected chi connectivity index (χ3v) is 2.87. The first-order valence-corrected chi connectivity index (χ1v) is 5.91. The lowest BCUT2D eigenvalue weighted by molar-refractivity contribution is 0.563. The number of hydrogen-bond acceptors (Lipinski definition) is 1. The van der Waals surface area contributed by atoms with E-state index in [4.69, 9.17) is 6.42 Å². The molecule has 15 heavy (non-hydrogen) atoms. The first kappa shape index (κ1) is 12.3. The largest absolute Gasteiger partial charge is 0.309 e. The molecule has 0 aromatic heterocycles. The molecule has 0 spiro atoms. The summed E-state index contributed by atoms with van der Waals surface area (Å²) >= 11 is 3.46. The summed E-state index contributed by atoms with van der Waals surface area (Å²) in [4.78, 5) is 0. The first-order valence-electron chi connectivity index (χ1n) is 5.12. The normalized spacial score (nSPS) is 12.1. The molecule has 1 N–H and O–H groups in total. The van der Waals surface area contributed by atoms with Crippen LogP contribution in [0.5, 0.6) is 0 Å². The van der Waals surface area contributed by atoms with E-state index in [2.05, 4.69) is 59.2 Å². The van der Waals surface area contributed by atoms with Crippen molar-refractivity contribution in [2.45, 2.75) is 26.3 Å². The number of rotatable bonds is 4. The van der Waals surface area contributed by atoms with Gasteiger partial charge in [0, 0.05) is 16.9 Å². The molecule has 1 atom stereocenters. The summed E-state index contributed by atoms with van der Waals surface area (Å²) in [6, 6.07) is 6.58. The maximum absolute atomic E-state index is 5.38. The van der Waals surface area contributed by atoms with Crippen LogP contribution in [0.25, 0.3) is 0 Å². The minimum atomic E-state index is 0.271. The highest BCUT2D eigenvalue weighted by molar-refractivity contribution is 9.10. The molecule has 0 aliphatic rings. The van der Waals surface area contributed by atoms with Crippen LogP contribution >= 0.6 is 15.9 Å². The Kier molecular flexibility index (Phi) is 4.87. The van der Waals surface area contributed by atoms with Gasteiger partial charge >= 0.3 is 0 Å². The molecule has 0 heterocycles. The number of hydrogen-bond donors (Lipinski definition) is 1. The third kappa shape index (κ3) is 3.37. The zero-order chi connectivity index (χ0) is 11.3. The molecule has 1 aromatic carbocycles. The van der Waals surface area contributed by atoms with Crippen molar-refractivity contribution in [3.63, 3.8) is 0 Å². The molecule has 1 aromatic rings. The Labute approximate surface area is 100 Å². The van der Waals surface area contributed by atoms with Gasteiger partial charge in [-0.2, -0.15) is 0 Å². The maximum Gasteiger partial charge on any atom is 0.0433 e. The van der Waals surface area contributed by atoms with Crippen molar-refractivity contribution in [1.29, 1.82) is 0 Å². The average Bonchev–Trinajstić information content (AvgIpc) is 2.17. The summed E-state index contributed by atoms with van der Waals surface area (Å²) < 4.78 is 1.11. The molecule has 80 valence electrons. The second kappa shape index (κ2) is 5.95. The number of nitrogens with one attached hydrogen (secondary N) is 1. The van der Waals surface area contributed by atoms with E-state index in [1.165, 1.54) is 11.1 Å². The van der Waals surface area contributed by atoms with Crippen LogP contribution in [-0.4, -0.2) is 6.54 Å². The highest BCUT2D eigenvalue weighted by atomic mass is 79.9. The molecule has 1 unspecified atom stereocenters. The van der Waals surface area contributed by atoms with Crippen molar-refractivity contribution in [2.75, 3.05) is 6.54 Å².